The summed E-state index contributed by atoms with van der Waals surface area (Å²) in [7, 11) is -2.51. The van der Waals surface area contributed by atoms with Gasteiger partial charge in [0, 0.05) is 30.8 Å². The summed E-state index contributed by atoms with van der Waals surface area (Å²) in [5.74, 6) is 7.36. The second-order valence-electron chi connectivity index (χ2n) is 9.38. The van der Waals surface area contributed by atoms with Crippen molar-refractivity contribution in [1.29, 1.82) is 0 Å². The van der Waals surface area contributed by atoms with Crippen LogP contribution in [-0.4, -0.2) is 42.6 Å². The van der Waals surface area contributed by atoms with Gasteiger partial charge >= 0.3 is 0 Å². The first kappa shape index (κ1) is 29.7. The van der Waals surface area contributed by atoms with E-state index < -0.39 is 10.6 Å². The normalized spacial score (nSPS) is 11.6. The average Bonchev–Trinajstić information content (AvgIpc) is 3.38. The Balaban J connectivity index is 1.25. The van der Waals surface area contributed by atoms with Gasteiger partial charge in [0.05, 0.1) is 21.0 Å². The third-order valence-corrected chi connectivity index (χ3v) is 8.13. The van der Waals surface area contributed by atoms with Crippen LogP contribution in [0.4, 0.5) is 15.9 Å². The van der Waals surface area contributed by atoms with Gasteiger partial charge in [-0.2, -0.15) is 10.6 Å². The van der Waals surface area contributed by atoms with Gasteiger partial charge in [0.1, 0.15) is 40.8 Å². The lowest BCUT2D eigenvalue weighted by Crippen LogP contribution is -2.21. The molecular formula is C30H27ClFN5O3S2. The highest BCUT2D eigenvalue weighted by Crippen LogP contribution is 2.33. The summed E-state index contributed by atoms with van der Waals surface area (Å²) in [6, 6.07) is 19.1. The van der Waals surface area contributed by atoms with E-state index in [0.717, 1.165) is 26.5 Å². The lowest BCUT2D eigenvalue weighted by molar-refractivity contribution is 0.306. The highest BCUT2D eigenvalue weighted by Gasteiger charge is 2.11. The summed E-state index contributed by atoms with van der Waals surface area (Å²) in [5, 5.41) is 7.69. The molecule has 12 heteroatoms. The van der Waals surface area contributed by atoms with E-state index in [1.807, 2.05) is 30.3 Å². The van der Waals surface area contributed by atoms with Gasteiger partial charge in [-0.1, -0.05) is 29.8 Å². The largest absolute Gasteiger partial charge is 0.487 e. The molecule has 0 bridgehead atoms. The fourth-order valence-electron chi connectivity index (χ4n) is 3.89. The van der Waals surface area contributed by atoms with Gasteiger partial charge in [-0.25, -0.2) is 19.3 Å². The number of rotatable bonds is 10. The van der Waals surface area contributed by atoms with Crippen molar-refractivity contribution in [2.75, 3.05) is 23.9 Å². The molecule has 0 radical (unpaired) electrons. The highest BCUT2D eigenvalue weighted by atomic mass is 35.5. The maximum Gasteiger partial charge on any atom is 0.142 e. The van der Waals surface area contributed by atoms with Gasteiger partial charge in [-0.3, -0.25) is 9.11 Å². The van der Waals surface area contributed by atoms with Gasteiger partial charge in [0.15, 0.2) is 0 Å². The molecule has 0 unspecified atom stereocenters. The molecule has 216 valence electrons. The number of nitrogens with one attached hydrogen (secondary N) is 2. The summed E-state index contributed by atoms with van der Waals surface area (Å²) in [6.45, 7) is 1.18. The van der Waals surface area contributed by atoms with Crippen molar-refractivity contribution in [1.82, 2.24) is 20.3 Å². The van der Waals surface area contributed by atoms with E-state index in [2.05, 4.69) is 37.4 Å². The Morgan fingerprint density at radius 3 is 2.71 bits per heavy atom. The maximum atomic E-state index is 13.4. The minimum Gasteiger partial charge on any atom is -0.487 e. The van der Waals surface area contributed by atoms with E-state index in [1.165, 1.54) is 36.1 Å². The first-order valence-electron chi connectivity index (χ1n) is 12.8. The summed E-state index contributed by atoms with van der Waals surface area (Å²) in [4.78, 5) is 15.0. The standard InChI is InChI=1S/C30H27ClFN5O3S2/c1-42(38,39)13-12-33-17-24-7-3-6-22(36-24)8-10-25-16-26-29(34-19-35-30(26)41-25)37-23-9-11-28(27(31)15-23)40-18-20-4-2-5-21(32)14-20/h2-7,9,11,14-16,19,33,38-39H,12-13,17-18H2,1H3,(H,34,35,37). The number of pyridine rings is 1. The SMILES string of the molecule is CS(O)(O)CCNCc1cccc(C#Cc2cc3c(Nc4ccc(OCc5cccc(F)c5)c(Cl)c4)ncnc3s2)n1. The van der Waals surface area contributed by atoms with E-state index in [0.29, 0.717) is 46.7 Å². The summed E-state index contributed by atoms with van der Waals surface area (Å²) in [5.41, 5.74) is 2.87. The van der Waals surface area contributed by atoms with Crippen molar-refractivity contribution >= 4 is 55.2 Å². The molecule has 0 saturated heterocycles. The number of nitrogens with zero attached hydrogens (tertiary/aromatic N) is 3. The Bertz CT molecular complexity index is 1770. The van der Waals surface area contributed by atoms with Crippen LogP contribution in [0.3, 0.4) is 0 Å². The fraction of sp³-hybridized carbons (Fsp3) is 0.167. The number of fused-ring (bicyclic) bond motifs is 1. The molecule has 3 aromatic heterocycles. The van der Waals surface area contributed by atoms with Crippen LogP contribution in [0.25, 0.3) is 10.2 Å². The van der Waals surface area contributed by atoms with Gasteiger partial charge in [0.2, 0.25) is 0 Å². The van der Waals surface area contributed by atoms with Crippen LogP contribution in [0.5, 0.6) is 5.75 Å². The van der Waals surface area contributed by atoms with E-state index in [9.17, 15) is 13.5 Å². The fourth-order valence-corrected chi connectivity index (χ4v) is 5.51. The number of ether oxygens (including phenoxy) is 1. The first-order chi connectivity index (χ1) is 20.2. The Morgan fingerprint density at radius 1 is 1.05 bits per heavy atom. The predicted molar refractivity (Wildman–Crippen MR) is 168 cm³/mol. The predicted octanol–water partition coefficient (Wildman–Crippen LogP) is 7.07. The zero-order valence-corrected chi connectivity index (χ0v) is 24.9. The Labute approximate surface area is 253 Å². The third kappa shape index (κ3) is 8.39. The van der Waals surface area contributed by atoms with Crippen LogP contribution < -0.4 is 15.4 Å². The van der Waals surface area contributed by atoms with E-state index >= 15 is 0 Å². The number of anilines is 2. The Morgan fingerprint density at radius 2 is 1.90 bits per heavy atom. The van der Waals surface area contributed by atoms with E-state index in [-0.39, 0.29) is 12.4 Å². The molecule has 0 spiro atoms. The molecule has 5 aromatic rings. The van der Waals surface area contributed by atoms with Crippen LogP contribution in [0.2, 0.25) is 5.02 Å². The molecule has 0 aliphatic rings. The number of hydrogen-bond donors (Lipinski definition) is 4. The second kappa shape index (κ2) is 13.5. The van der Waals surface area contributed by atoms with Crippen LogP contribution >= 0.6 is 33.5 Å². The molecule has 3 heterocycles. The van der Waals surface area contributed by atoms with Crippen LogP contribution in [0, 0.1) is 17.7 Å². The monoisotopic (exact) mass is 623 g/mol. The molecule has 0 amide bonds. The van der Waals surface area contributed by atoms with Crippen LogP contribution in [-0.2, 0) is 13.2 Å². The number of hydrogen-bond acceptors (Lipinski definition) is 9. The summed E-state index contributed by atoms with van der Waals surface area (Å²) < 4.78 is 38.2. The maximum absolute atomic E-state index is 13.4. The highest BCUT2D eigenvalue weighted by molar-refractivity contribution is 8.23. The number of halogens is 2. The van der Waals surface area contributed by atoms with E-state index in [4.69, 9.17) is 16.3 Å². The lowest BCUT2D eigenvalue weighted by atomic mass is 10.2. The topological polar surface area (TPSA) is 112 Å². The smallest absolute Gasteiger partial charge is 0.142 e. The minimum atomic E-state index is -2.51. The number of benzene rings is 2. The number of aromatic nitrogens is 3. The molecule has 0 atom stereocenters. The molecule has 0 aliphatic carbocycles. The molecular weight excluding hydrogens is 597 g/mol. The minimum absolute atomic E-state index is 0.196. The van der Waals surface area contributed by atoms with Crippen molar-refractivity contribution in [3.63, 3.8) is 0 Å². The zero-order valence-electron chi connectivity index (χ0n) is 22.5. The quantitative estimate of drug-likeness (QED) is 0.0965. The van der Waals surface area contributed by atoms with Crippen molar-refractivity contribution in [2.45, 2.75) is 13.2 Å². The third-order valence-electron chi connectivity index (χ3n) is 5.90. The summed E-state index contributed by atoms with van der Waals surface area (Å²) in [6.07, 6.45) is 2.93. The lowest BCUT2D eigenvalue weighted by Gasteiger charge is -2.26. The molecule has 0 fully saturated rings. The Hall–Kier alpha value is -3.76. The molecule has 0 aliphatic heterocycles. The van der Waals surface area contributed by atoms with Gasteiger partial charge in [-0.15, -0.1) is 11.3 Å². The van der Waals surface area contributed by atoms with Gasteiger partial charge in [0.25, 0.3) is 0 Å². The van der Waals surface area contributed by atoms with Crippen molar-refractivity contribution in [3.8, 4) is 17.6 Å². The summed E-state index contributed by atoms with van der Waals surface area (Å²) >= 11 is 7.92. The first-order valence-corrected chi connectivity index (χ1v) is 16.1. The Kier molecular flexibility index (Phi) is 9.54. The van der Waals surface area contributed by atoms with Gasteiger partial charge in [-0.05, 0) is 65.9 Å². The molecule has 2 aromatic carbocycles. The molecule has 42 heavy (non-hydrogen) atoms. The number of thiophene rings is 1. The van der Waals surface area contributed by atoms with Gasteiger partial charge < -0.3 is 15.4 Å². The van der Waals surface area contributed by atoms with E-state index in [1.54, 1.807) is 24.3 Å². The van der Waals surface area contributed by atoms with Crippen molar-refractivity contribution < 1.29 is 18.2 Å². The van der Waals surface area contributed by atoms with Crippen molar-refractivity contribution in [3.05, 3.63) is 106 Å². The van der Waals surface area contributed by atoms with Crippen LogP contribution in [0.1, 0.15) is 21.8 Å². The average molecular weight is 624 g/mol. The molecule has 4 N–H and O–H groups in total. The molecule has 5 rings (SSSR count). The molecule has 8 nitrogen and oxygen atoms in total. The second-order valence-corrected chi connectivity index (χ2v) is 13.2. The van der Waals surface area contributed by atoms with Crippen molar-refractivity contribution in [2.24, 2.45) is 0 Å². The molecule has 0 saturated carbocycles. The van der Waals surface area contributed by atoms with Crippen LogP contribution in [0.15, 0.2) is 73.1 Å². The zero-order chi connectivity index (χ0) is 29.5.